The van der Waals surface area contributed by atoms with Crippen LogP contribution in [0.2, 0.25) is 0 Å². The van der Waals surface area contributed by atoms with E-state index >= 15 is 0 Å². The number of ether oxygens (including phenoxy) is 2. The van der Waals surface area contributed by atoms with Crippen molar-refractivity contribution in [2.45, 2.75) is 6.18 Å². The van der Waals surface area contributed by atoms with Gasteiger partial charge in [0.25, 0.3) is 0 Å². The first-order valence-corrected chi connectivity index (χ1v) is 11.1. The lowest BCUT2D eigenvalue weighted by atomic mass is 9.89. The summed E-state index contributed by atoms with van der Waals surface area (Å²) in [5.74, 6) is 0.579. The zero-order chi connectivity index (χ0) is 24.0. The number of nitrogens with zero attached hydrogens (tertiary/aromatic N) is 1. The first kappa shape index (κ1) is 23.9. The molecule has 0 radical (unpaired) electrons. The van der Waals surface area contributed by atoms with Crippen LogP contribution in [-0.2, 0) is 4.74 Å². The van der Waals surface area contributed by atoms with Crippen LogP contribution in [0, 0.1) is 0 Å². The quantitative estimate of drug-likeness (QED) is 0.456. The largest absolute Gasteiger partial charge is 0.508 e. The number of alkyl halides is 3. The average molecular weight is 470 g/mol. The molecule has 1 saturated heterocycles. The maximum absolute atomic E-state index is 14.4. The molecule has 7 heteroatoms. The molecule has 4 rings (SSSR count). The first-order valence-electron chi connectivity index (χ1n) is 11.1. The van der Waals surface area contributed by atoms with Crippen molar-refractivity contribution >= 4 is 11.1 Å². The highest BCUT2D eigenvalue weighted by Gasteiger charge is 2.38. The lowest BCUT2D eigenvalue weighted by molar-refractivity contribution is -0.0685. The normalized spacial score (nSPS) is 15.6. The third-order valence-corrected chi connectivity index (χ3v) is 5.67. The van der Waals surface area contributed by atoms with E-state index in [4.69, 9.17) is 9.47 Å². The first-order chi connectivity index (χ1) is 16.4. The highest BCUT2D eigenvalue weighted by Crippen LogP contribution is 2.43. The predicted molar refractivity (Wildman–Crippen MR) is 126 cm³/mol. The van der Waals surface area contributed by atoms with Crippen molar-refractivity contribution in [3.05, 3.63) is 95.6 Å². The van der Waals surface area contributed by atoms with Crippen LogP contribution >= 0.6 is 0 Å². The maximum Gasteiger partial charge on any atom is 0.417 e. The third kappa shape index (κ3) is 5.98. The second-order valence-corrected chi connectivity index (χ2v) is 7.99. The summed E-state index contributed by atoms with van der Waals surface area (Å²) >= 11 is 0. The minimum atomic E-state index is -4.60. The van der Waals surface area contributed by atoms with Gasteiger partial charge in [-0.25, -0.2) is 0 Å². The molecule has 1 N–H and O–H groups in total. The fourth-order valence-electron chi connectivity index (χ4n) is 3.97. The van der Waals surface area contributed by atoms with Gasteiger partial charge < -0.3 is 14.6 Å². The van der Waals surface area contributed by atoms with Gasteiger partial charge in [0.05, 0.1) is 18.8 Å². The molecule has 4 nitrogen and oxygen atoms in total. The second kappa shape index (κ2) is 10.8. The lowest BCUT2D eigenvalue weighted by Crippen LogP contribution is -2.38. The van der Waals surface area contributed by atoms with Crippen molar-refractivity contribution in [1.29, 1.82) is 0 Å². The number of halogens is 3. The van der Waals surface area contributed by atoms with Crippen molar-refractivity contribution in [1.82, 2.24) is 4.90 Å². The van der Waals surface area contributed by atoms with Gasteiger partial charge in [0.2, 0.25) is 0 Å². The monoisotopic (exact) mass is 469 g/mol. The minimum absolute atomic E-state index is 0.0135. The van der Waals surface area contributed by atoms with E-state index in [0.29, 0.717) is 36.7 Å². The van der Waals surface area contributed by atoms with E-state index in [0.717, 1.165) is 19.6 Å². The summed E-state index contributed by atoms with van der Waals surface area (Å²) in [6.45, 7) is 4.40. The van der Waals surface area contributed by atoms with Crippen LogP contribution < -0.4 is 4.74 Å². The Balaban J connectivity index is 1.66. The summed E-state index contributed by atoms with van der Waals surface area (Å²) in [6, 6.07) is 20.2. The molecule has 34 heavy (non-hydrogen) atoms. The molecular weight excluding hydrogens is 443 g/mol. The fraction of sp³-hybridized carbons (Fsp3) is 0.259. The number of phenolic OH excluding ortho intramolecular Hbond substituents is 1. The van der Waals surface area contributed by atoms with Crippen LogP contribution in [0.5, 0.6) is 11.5 Å². The average Bonchev–Trinajstić information content (AvgIpc) is 2.84. The summed E-state index contributed by atoms with van der Waals surface area (Å²) in [4.78, 5) is 2.25. The van der Waals surface area contributed by atoms with Crippen molar-refractivity contribution in [2.75, 3.05) is 39.5 Å². The molecule has 1 fully saturated rings. The number of aromatic hydroxyl groups is 1. The number of rotatable bonds is 7. The molecule has 0 spiro atoms. The van der Waals surface area contributed by atoms with Gasteiger partial charge in [-0.05, 0) is 41.0 Å². The number of allylic oxidation sites excluding steroid dienone is 1. The highest BCUT2D eigenvalue weighted by atomic mass is 19.4. The second-order valence-electron chi connectivity index (χ2n) is 7.99. The Hall–Kier alpha value is -3.29. The molecule has 0 atom stereocenters. The Bertz CT molecular complexity index is 1090. The Kier molecular flexibility index (Phi) is 7.55. The molecule has 0 bridgehead atoms. The van der Waals surface area contributed by atoms with Crippen LogP contribution in [-0.4, -0.2) is 55.6 Å². The van der Waals surface area contributed by atoms with Gasteiger partial charge in [-0.15, -0.1) is 0 Å². The molecule has 3 aromatic rings. The number of phenols is 1. The number of hydrogen-bond acceptors (Lipinski definition) is 4. The molecular formula is C27H26F3NO3. The summed E-state index contributed by atoms with van der Waals surface area (Å²) in [6.07, 6.45) is -4.60. The topological polar surface area (TPSA) is 41.9 Å². The Morgan fingerprint density at radius 3 is 2.00 bits per heavy atom. The van der Waals surface area contributed by atoms with Gasteiger partial charge in [0.15, 0.2) is 0 Å². The van der Waals surface area contributed by atoms with Crippen molar-refractivity contribution in [3.63, 3.8) is 0 Å². The van der Waals surface area contributed by atoms with E-state index in [1.165, 1.54) is 36.4 Å². The number of benzene rings is 3. The van der Waals surface area contributed by atoms with E-state index in [-0.39, 0.29) is 16.9 Å². The van der Waals surface area contributed by atoms with E-state index in [1.807, 2.05) is 0 Å². The van der Waals surface area contributed by atoms with Crippen LogP contribution in [0.4, 0.5) is 13.2 Å². The van der Waals surface area contributed by atoms with Crippen LogP contribution in [0.1, 0.15) is 16.7 Å². The SMILES string of the molecule is Oc1ccc(C(=C(c2ccccc2)C(F)(F)F)c2ccc(OCCN3CCOCC3)cc2)cc1. The van der Waals surface area contributed by atoms with Gasteiger partial charge in [-0.1, -0.05) is 54.6 Å². The van der Waals surface area contributed by atoms with Crippen molar-refractivity contribution in [3.8, 4) is 11.5 Å². The van der Waals surface area contributed by atoms with Gasteiger partial charge in [-0.2, -0.15) is 13.2 Å². The molecule has 178 valence electrons. The molecule has 0 aromatic heterocycles. The van der Waals surface area contributed by atoms with E-state index in [9.17, 15) is 18.3 Å². The molecule has 0 unspecified atom stereocenters. The zero-order valence-electron chi connectivity index (χ0n) is 18.6. The standard InChI is InChI=1S/C27H26F3NO3/c28-27(29,30)26(22-4-2-1-3-5-22)25(20-6-10-23(32)11-7-20)21-8-12-24(13-9-21)34-19-16-31-14-17-33-18-15-31/h1-13,32H,14-19H2. The van der Waals surface area contributed by atoms with E-state index in [2.05, 4.69) is 4.90 Å². The highest BCUT2D eigenvalue weighted by molar-refractivity contribution is 6.00. The Labute approximate surface area is 196 Å². The summed E-state index contributed by atoms with van der Waals surface area (Å²) in [7, 11) is 0. The molecule has 1 aliphatic heterocycles. The fourth-order valence-corrected chi connectivity index (χ4v) is 3.97. The Morgan fingerprint density at radius 2 is 1.41 bits per heavy atom. The predicted octanol–water partition coefficient (Wildman–Crippen LogP) is 5.62. The van der Waals surface area contributed by atoms with Crippen LogP contribution in [0.3, 0.4) is 0 Å². The molecule has 1 aliphatic rings. The van der Waals surface area contributed by atoms with Gasteiger partial charge in [0, 0.05) is 25.2 Å². The Morgan fingerprint density at radius 1 is 0.824 bits per heavy atom. The molecule has 3 aromatic carbocycles. The third-order valence-electron chi connectivity index (χ3n) is 5.67. The summed E-state index contributed by atoms with van der Waals surface area (Å²) in [5.41, 5.74) is 0.139. The van der Waals surface area contributed by atoms with Crippen LogP contribution in [0.25, 0.3) is 11.1 Å². The van der Waals surface area contributed by atoms with Gasteiger partial charge in [-0.3, -0.25) is 4.90 Å². The van der Waals surface area contributed by atoms with Gasteiger partial charge >= 0.3 is 6.18 Å². The summed E-state index contributed by atoms with van der Waals surface area (Å²) in [5, 5.41) is 9.67. The lowest BCUT2D eigenvalue weighted by Gasteiger charge is -2.26. The summed E-state index contributed by atoms with van der Waals surface area (Å²) < 4.78 is 54.3. The van der Waals surface area contributed by atoms with Crippen LogP contribution in [0.15, 0.2) is 78.9 Å². The molecule has 0 saturated carbocycles. The zero-order valence-corrected chi connectivity index (χ0v) is 18.6. The number of morpholine rings is 1. The van der Waals surface area contributed by atoms with E-state index in [1.54, 1.807) is 42.5 Å². The molecule has 0 amide bonds. The smallest absolute Gasteiger partial charge is 0.417 e. The van der Waals surface area contributed by atoms with E-state index < -0.39 is 11.7 Å². The number of hydrogen-bond donors (Lipinski definition) is 1. The molecule has 0 aliphatic carbocycles. The minimum Gasteiger partial charge on any atom is -0.508 e. The molecule has 1 heterocycles. The van der Waals surface area contributed by atoms with Crippen molar-refractivity contribution in [2.24, 2.45) is 0 Å². The van der Waals surface area contributed by atoms with Gasteiger partial charge in [0.1, 0.15) is 18.1 Å². The van der Waals surface area contributed by atoms with Crippen molar-refractivity contribution < 1.29 is 27.8 Å². The maximum atomic E-state index is 14.4.